The molecule has 0 amide bonds. The molecule has 0 aliphatic carbocycles. The highest BCUT2D eigenvalue weighted by molar-refractivity contribution is 14.2. The van der Waals surface area contributed by atoms with Crippen molar-refractivity contribution in [3.63, 3.8) is 0 Å². The van der Waals surface area contributed by atoms with Gasteiger partial charge in [0.05, 0.1) is 43.2 Å². The second-order valence-electron chi connectivity index (χ2n) is 7.74. The van der Waals surface area contributed by atoms with Crippen LogP contribution in [0.2, 0.25) is 5.02 Å². The van der Waals surface area contributed by atoms with Crippen LogP contribution in [0.3, 0.4) is 0 Å². The van der Waals surface area contributed by atoms with Crippen LogP contribution in [0.15, 0.2) is 24.5 Å². The normalized spacial score (nSPS) is 20.4. The molecule has 2 aliphatic heterocycles. The Hall–Kier alpha value is -0.730. The molecule has 0 spiro atoms. The number of halogens is 2. The van der Waals surface area contributed by atoms with Crippen molar-refractivity contribution in [1.29, 1.82) is 5.41 Å². The predicted molar refractivity (Wildman–Crippen MR) is 125 cm³/mol. The van der Waals surface area contributed by atoms with Crippen LogP contribution >= 0.6 is 40.0 Å². The number of piperidine rings is 1. The molecule has 2 N–H and O–H groups in total. The second kappa shape index (κ2) is 8.56. The van der Waals surface area contributed by atoms with Gasteiger partial charge in [-0.15, -0.1) is 0 Å². The van der Waals surface area contributed by atoms with E-state index in [4.69, 9.17) is 21.7 Å². The van der Waals surface area contributed by atoms with E-state index < -0.39 is 0 Å². The highest BCUT2D eigenvalue weighted by Gasteiger charge is 2.41. The Kier molecular flexibility index (Phi) is 6.28. The Morgan fingerprint density at radius 1 is 1.39 bits per heavy atom. The van der Waals surface area contributed by atoms with Crippen molar-refractivity contribution >= 4 is 57.6 Å². The molecule has 3 heterocycles. The molecule has 150 valence electrons. The van der Waals surface area contributed by atoms with Gasteiger partial charge in [0.15, 0.2) is 0 Å². The summed E-state index contributed by atoms with van der Waals surface area (Å²) in [6, 6.07) is 4.03. The standard InChI is InChI=1S/C19H24ClIN5OP/c1-19(11-27-12-19)25-4-2-13(3-5-25)16-7-18(14(8-22)6-17(16)20)24-15-9-23-26(10-15)28-21/h6-10,13,22,24,28H,2-5,11-12H2,1H3. The maximum atomic E-state index is 7.76. The molecule has 6 nitrogen and oxygen atoms in total. The number of anilines is 2. The minimum absolute atomic E-state index is 0.213. The lowest BCUT2D eigenvalue weighted by Crippen LogP contribution is -2.61. The van der Waals surface area contributed by atoms with Gasteiger partial charge < -0.3 is 15.5 Å². The first-order valence-electron chi connectivity index (χ1n) is 9.37. The van der Waals surface area contributed by atoms with Crippen molar-refractivity contribution < 1.29 is 4.74 Å². The molecule has 2 saturated heterocycles. The van der Waals surface area contributed by atoms with Gasteiger partial charge in [-0.2, -0.15) is 5.10 Å². The summed E-state index contributed by atoms with van der Waals surface area (Å²) in [7, 11) is 0. The molecule has 1 unspecified atom stereocenters. The van der Waals surface area contributed by atoms with E-state index in [2.05, 4.69) is 50.3 Å². The Morgan fingerprint density at radius 3 is 2.71 bits per heavy atom. The summed E-state index contributed by atoms with van der Waals surface area (Å²) in [4.78, 5) is 2.56. The van der Waals surface area contributed by atoms with Gasteiger partial charge in [-0.05, 0) is 78.5 Å². The molecule has 2 aliphatic rings. The van der Waals surface area contributed by atoms with Gasteiger partial charge in [0.25, 0.3) is 0 Å². The lowest BCUT2D eigenvalue weighted by molar-refractivity contribution is -0.136. The largest absolute Gasteiger partial charge is 0.377 e. The third-order valence-electron chi connectivity index (χ3n) is 5.80. The molecule has 1 aromatic heterocycles. The van der Waals surface area contributed by atoms with Crippen LogP contribution in [0.25, 0.3) is 0 Å². The van der Waals surface area contributed by atoms with E-state index in [-0.39, 0.29) is 5.54 Å². The fraction of sp³-hybridized carbons (Fsp3) is 0.474. The summed E-state index contributed by atoms with van der Waals surface area (Å²) in [6.07, 6.45) is 7.88. The monoisotopic (exact) mass is 531 g/mol. The van der Waals surface area contributed by atoms with Crippen molar-refractivity contribution in [2.45, 2.75) is 31.2 Å². The lowest BCUT2D eigenvalue weighted by Gasteiger charge is -2.50. The number of aromatic nitrogens is 2. The summed E-state index contributed by atoms with van der Waals surface area (Å²) in [5.74, 6) is 0.437. The Morgan fingerprint density at radius 2 is 2.14 bits per heavy atom. The number of hydrogen-bond acceptors (Lipinski definition) is 5. The number of nitrogens with one attached hydrogen (secondary N) is 2. The fourth-order valence-electron chi connectivity index (χ4n) is 4.05. The predicted octanol–water partition coefficient (Wildman–Crippen LogP) is 5.04. The summed E-state index contributed by atoms with van der Waals surface area (Å²) >= 11 is 8.93. The average molecular weight is 532 g/mol. The lowest BCUT2D eigenvalue weighted by atomic mass is 9.85. The molecular weight excluding hydrogens is 508 g/mol. The molecule has 28 heavy (non-hydrogen) atoms. The number of ether oxygens (including phenoxy) is 1. The number of rotatable bonds is 6. The topological polar surface area (TPSA) is 66.2 Å². The maximum Gasteiger partial charge on any atom is 0.0774 e. The minimum Gasteiger partial charge on any atom is -0.377 e. The first-order valence-corrected chi connectivity index (χ1v) is 13.8. The Labute approximate surface area is 185 Å². The molecule has 1 atom stereocenters. The van der Waals surface area contributed by atoms with Crippen LogP contribution < -0.4 is 5.32 Å². The van der Waals surface area contributed by atoms with Crippen molar-refractivity contribution in [2.75, 3.05) is 31.6 Å². The molecule has 1 aromatic carbocycles. The zero-order valence-electron chi connectivity index (χ0n) is 15.7. The average Bonchev–Trinajstić information content (AvgIpc) is 3.15. The van der Waals surface area contributed by atoms with Crippen LogP contribution in [0.1, 0.15) is 36.8 Å². The van der Waals surface area contributed by atoms with Crippen molar-refractivity contribution in [2.24, 2.45) is 0 Å². The zero-order chi connectivity index (χ0) is 19.7. The second-order valence-corrected chi connectivity index (χ2v) is 10.2. The summed E-state index contributed by atoms with van der Waals surface area (Å²) < 4.78 is 7.32. The van der Waals surface area contributed by atoms with Gasteiger partial charge in [0.1, 0.15) is 0 Å². The van der Waals surface area contributed by atoms with Crippen molar-refractivity contribution in [3.8, 4) is 0 Å². The van der Waals surface area contributed by atoms with Gasteiger partial charge >= 0.3 is 0 Å². The molecule has 2 aromatic rings. The first kappa shape index (κ1) is 20.5. The van der Waals surface area contributed by atoms with E-state index >= 15 is 0 Å². The first-order chi connectivity index (χ1) is 13.5. The Balaban J connectivity index is 1.53. The van der Waals surface area contributed by atoms with Crippen LogP contribution in [0.4, 0.5) is 11.4 Å². The maximum absolute atomic E-state index is 7.76. The number of nitrogens with zero attached hydrogens (tertiary/aromatic N) is 3. The van der Waals surface area contributed by atoms with Gasteiger partial charge in [-0.1, -0.05) is 11.6 Å². The van der Waals surface area contributed by atoms with Crippen LogP contribution in [-0.2, 0) is 4.74 Å². The van der Waals surface area contributed by atoms with E-state index in [9.17, 15) is 0 Å². The number of likely N-dealkylation sites (tertiary alicyclic amines) is 1. The van der Waals surface area contributed by atoms with Crippen molar-refractivity contribution in [1.82, 2.24) is 14.5 Å². The highest BCUT2D eigenvalue weighted by atomic mass is 127. The molecule has 2 fully saturated rings. The van der Waals surface area contributed by atoms with Crippen LogP contribution in [-0.4, -0.2) is 52.5 Å². The van der Waals surface area contributed by atoms with E-state index in [0.29, 0.717) is 12.3 Å². The molecular formula is C19H24ClIN5OP. The van der Waals surface area contributed by atoms with Crippen LogP contribution in [0.5, 0.6) is 0 Å². The van der Waals surface area contributed by atoms with E-state index in [1.807, 2.05) is 22.9 Å². The molecule has 0 bridgehead atoms. The van der Waals surface area contributed by atoms with E-state index in [0.717, 1.165) is 61.1 Å². The summed E-state index contributed by atoms with van der Waals surface area (Å²) in [5.41, 5.74) is 4.01. The summed E-state index contributed by atoms with van der Waals surface area (Å²) in [6.45, 7) is 6.11. The fourth-order valence-corrected chi connectivity index (χ4v) is 5.45. The van der Waals surface area contributed by atoms with Gasteiger partial charge in [0.2, 0.25) is 0 Å². The zero-order valence-corrected chi connectivity index (χ0v) is 19.6. The van der Waals surface area contributed by atoms with Gasteiger partial charge in [0, 0.05) is 22.5 Å². The Bertz CT molecular complexity index is 864. The SMILES string of the molecule is CC1(N2CCC(c3cc(Nc4cnn(PI)c4)c(C=N)cc3Cl)CC2)COC1. The molecule has 0 radical (unpaired) electrons. The minimum atomic E-state index is 0.213. The number of hydrogen-bond donors (Lipinski definition) is 2. The van der Waals surface area contributed by atoms with Gasteiger partial charge in [-0.3, -0.25) is 4.90 Å². The molecule has 4 rings (SSSR count). The smallest absolute Gasteiger partial charge is 0.0774 e. The van der Waals surface area contributed by atoms with Crippen LogP contribution in [0, 0.1) is 5.41 Å². The molecule has 9 heteroatoms. The summed E-state index contributed by atoms with van der Waals surface area (Å²) in [5, 5.41) is 16.3. The van der Waals surface area contributed by atoms with Crippen molar-refractivity contribution in [3.05, 3.63) is 40.7 Å². The quantitative estimate of drug-likeness (QED) is 0.312. The highest BCUT2D eigenvalue weighted by Crippen LogP contribution is 2.39. The van der Waals surface area contributed by atoms with E-state index in [1.54, 1.807) is 0 Å². The third-order valence-corrected chi connectivity index (χ3v) is 8.02. The number of benzene rings is 1. The third kappa shape index (κ3) is 4.10. The van der Waals surface area contributed by atoms with E-state index in [1.165, 1.54) is 11.8 Å². The van der Waals surface area contributed by atoms with Gasteiger partial charge in [-0.25, -0.2) is 4.45 Å². The molecule has 0 saturated carbocycles.